The van der Waals surface area contributed by atoms with E-state index in [4.69, 9.17) is 13.8 Å². The molecule has 10 aromatic rings. The van der Waals surface area contributed by atoms with Gasteiger partial charge in [0.2, 0.25) is 0 Å². The number of rotatable bonds is 6. The first-order chi connectivity index (χ1) is 27.6. The van der Waals surface area contributed by atoms with Gasteiger partial charge in [0, 0.05) is 36.6 Å². The van der Waals surface area contributed by atoms with Gasteiger partial charge in [-0.1, -0.05) is 87.2 Å². The SMILES string of the molecule is CC(C)c1cccc(C(C)C)c1-n1c(-c2[c-]ccc3c2oc2ccc4c5ccccc5oc4c23)nc2ccccc21.[CH3][Ge]([CH3])([CH3])[c]1ccc(-c2[c-]cccc2)nc1.[Ir]. The van der Waals surface area contributed by atoms with Gasteiger partial charge in [-0.2, -0.15) is 0 Å². The molecule has 291 valence electrons. The molecule has 0 spiro atoms. The van der Waals surface area contributed by atoms with Crippen molar-refractivity contribution in [2.45, 2.75) is 56.8 Å². The van der Waals surface area contributed by atoms with Crippen LogP contribution in [0, 0.1) is 12.1 Å². The Bertz CT molecular complexity index is 3030. The third-order valence-electron chi connectivity index (χ3n) is 10.9. The molecule has 0 saturated carbocycles. The van der Waals surface area contributed by atoms with Crippen LogP contribution in [0.25, 0.3) is 83.2 Å². The Morgan fingerprint density at radius 3 is 2.05 bits per heavy atom. The van der Waals surface area contributed by atoms with Gasteiger partial charge in [-0.05, 0) is 53.3 Å². The van der Waals surface area contributed by atoms with Gasteiger partial charge >= 0.3 is 99.8 Å². The smallest absolute Gasteiger partial charge is 0 e. The molecule has 0 fully saturated rings. The summed E-state index contributed by atoms with van der Waals surface area (Å²) < 4.78 is 16.8. The van der Waals surface area contributed by atoms with Gasteiger partial charge in [0.15, 0.2) is 0 Å². The van der Waals surface area contributed by atoms with Gasteiger partial charge in [-0.3, -0.25) is 4.98 Å². The van der Waals surface area contributed by atoms with E-state index in [2.05, 4.69) is 139 Å². The Labute approximate surface area is 355 Å². The minimum atomic E-state index is -1.72. The Hall–Kier alpha value is -5.27. The molecule has 0 atom stereocenters. The van der Waals surface area contributed by atoms with Crippen molar-refractivity contribution < 1.29 is 28.9 Å². The average Bonchev–Trinajstić information content (AvgIpc) is 3.92. The van der Waals surface area contributed by atoms with Crippen LogP contribution >= 0.6 is 0 Å². The van der Waals surface area contributed by atoms with Crippen molar-refractivity contribution in [2.24, 2.45) is 0 Å². The summed E-state index contributed by atoms with van der Waals surface area (Å²) in [5.41, 5.74) is 12.0. The van der Waals surface area contributed by atoms with E-state index in [1.165, 1.54) is 21.2 Å². The number of para-hydroxylation sites is 4. The number of hydrogen-bond donors (Lipinski definition) is 0. The number of nitrogens with zero attached hydrogens (tertiary/aromatic N) is 3. The Balaban J connectivity index is 0.000000233. The van der Waals surface area contributed by atoms with Gasteiger partial charge in [0.05, 0.1) is 27.8 Å². The molecule has 6 aromatic carbocycles. The van der Waals surface area contributed by atoms with Crippen molar-refractivity contribution in [3.8, 4) is 28.3 Å². The molecule has 0 aliphatic heterocycles. The van der Waals surface area contributed by atoms with Gasteiger partial charge in [0.25, 0.3) is 0 Å². The van der Waals surface area contributed by atoms with Gasteiger partial charge in [-0.15, -0.1) is 18.2 Å². The Kier molecular flexibility index (Phi) is 10.8. The molecule has 58 heavy (non-hydrogen) atoms. The number of furan rings is 2. The standard InChI is InChI=1S/C37H29N2O2.C14H16GeN.Ir/c1-21(2)23-12-9-13-24(22(3)4)34(23)39-30-17-7-6-16-29(30)38-37(39)28-15-10-14-27-33-32(41-35(27)28)20-19-26-25-11-5-8-18-31(25)40-36(26)33;1-15(2,3)13-9-10-14(16-11-13)12-7-5-4-6-8-12;/h5-14,16-22H,1-4H3;4-7,9-11H,1-3H3;/q2*-1;. The minimum absolute atomic E-state index is 0. The van der Waals surface area contributed by atoms with E-state index < -0.39 is 13.3 Å². The van der Waals surface area contributed by atoms with Crippen LogP contribution in [0.3, 0.4) is 0 Å². The number of fused-ring (bicyclic) bond motifs is 8. The van der Waals surface area contributed by atoms with Gasteiger partial charge < -0.3 is 13.4 Å². The molecule has 10 rings (SSSR count). The van der Waals surface area contributed by atoms with E-state index in [-0.39, 0.29) is 20.1 Å². The molecule has 0 saturated heterocycles. The maximum atomic E-state index is 6.64. The summed E-state index contributed by atoms with van der Waals surface area (Å²) in [6.45, 7) is 9.03. The third kappa shape index (κ3) is 7.02. The molecule has 1 radical (unpaired) electrons. The van der Waals surface area contributed by atoms with Gasteiger partial charge in [-0.25, -0.2) is 0 Å². The topological polar surface area (TPSA) is 57.0 Å². The molecule has 0 unspecified atom stereocenters. The number of aromatic nitrogens is 3. The average molecular weight is 997 g/mol. The summed E-state index contributed by atoms with van der Waals surface area (Å²) in [5.74, 6) is 8.64. The van der Waals surface area contributed by atoms with Crippen LogP contribution in [0.4, 0.5) is 0 Å². The molecule has 7 heteroatoms. The molecule has 5 nitrogen and oxygen atoms in total. The summed E-state index contributed by atoms with van der Waals surface area (Å²) >= 11 is -1.72. The van der Waals surface area contributed by atoms with Crippen molar-refractivity contribution in [3.63, 3.8) is 0 Å². The fourth-order valence-electron chi connectivity index (χ4n) is 7.91. The van der Waals surface area contributed by atoms with Crippen LogP contribution in [-0.2, 0) is 20.1 Å². The number of imidazole rings is 1. The molecule has 0 aliphatic carbocycles. The van der Waals surface area contributed by atoms with Crippen molar-refractivity contribution in [3.05, 3.63) is 157 Å². The molecular formula is C51H45GeIrN3O2-2. The zero-order valence-electron chi connectivity index (χ0n) is 33.8. The first kappa shape index (κ1) is 39.6. The Morgan fingerprint density at radius 2 is 1.34 bits per heavy atom. The van der Waals surface area contributed by atoms with Crippen LogP contribution in [0.1, 0.15) is 50.7 Å². The second-order valence-electron chi connectivity index (χ2n) is 16.4. The zero-order chi connectivity index (χ0) is 39.4. The largest absolute Gasteiger partial charge is 0 e. The number of benzene rings is 6. The van der Waals surface area contributed by atoms with E-state index >= 15 is 0 Å². The molecule has 0 N–H and O–H groups in total. The second-order valence-corrected chi connectivity index (χ2v) is 27.1. The monoisotopic (exact) mass is 998 g/mol. The predicted octanol–water partition coefficient (Wildman–Crippen LogP) is 13.6. The zero-order valence-corrected chi connectivity index (χ0v) is 38.3. The van der Waals surface area contributed by atoms with Gasteiger partial charge in [0.1, 0.15) is 16.7 Å². The van der Waals surface area contributed by atoms with Crippen molar-refractivity contribution in [1.82, 2.24) is 14.5 Å². The van der Waals surface area contributed by atoms with Crippen LogP contribution < -0.4 is 4.40 Å². The van der Waals surface area contributed by atoms with Crippen molar-refractivity contribution >= 4 is 72.6 Å². The summed E-state index contributed by atoms with van der Waals surface area (Å²) in [6.07, 6.45) is 2.04. The van der Waals surface area contributed by atoms with E-state index in [1.54, 1.807) is 0 Å². The van der Waals surface area contributed by atoms with Crippen molar-refractivity contribution in [1.29, 1.82) is 0 Å². The van der Waals surface area contributed by atoms with Crippen molar-refractivity contribution in [2.75, 3.05) is 0 Å². The normalized spacial score (nSPS) is 11.9. The number of pyridine rings is 1. The summed E-state index contributed by atoms with van der Waals surface area (Å²) in [5, 5.41) is 4.18. The first-order valence-corrected chi connectivity index (χ1v) is 27.1. The third-order valence-corrected chi connectivity index (χ3v) is 15.2. The maximum absolute atomic E-state index is 6.64. The van der Waals surface area contributed by atoms with E-state index in [0.717, 1.165) is 77.6 Å². The van der Waals surface area contributed by atoms with Crippen LogP contribution in [-0.4, -0.2) is 27.8 Å². The van der Waals surface area contributed by atoms with Crippen LogP contribution in [0.15, 0.2) is 142 Å². The molecule has 4 heterocycles. The summed E-state index contributed by atoms with van der Waals surface area (Å²) in [4.78, 5) is 9.76. The maximum Gasteiger partial charge on any atom is 0 e. The second kappa shape index (κ2) is 15.8. The fourth-order valence-corrected chi connectivity index (χ4v) is 10.1. The Morgan fingerprint density at radius 1 is 0.621 bits per heavy atom. The van der Waals surface area contributed by atoms with E-state index in [9.17, 15) is 0 Å². The summed E-state index contributed by atoms with van der Waals surface area (Å²) in [6, 6.07) is 50.4. The fraction of sp³-hybridized carbons (Fsp3) is 0.176. The molecule has 0 bridgehead atoms. The van der Waals surface area contributed by atoms with Crippen LogP contribution in [0.2, 0.25) is 17.3 Å². The quantitative estimate of drug-likeness (QED) is 0.123. The first-order valence-electron chi connectivity index (χ1n) is 19.8. The van der Waals surface area contributed by atoms with E-state index in [1.807, 2.05) is 60.8 Å². The molecule has 0 aliphatic rings. The minimum Gasteiger partial charge on any atom is 0 e. The number of hydrogen-bond acceptors (Lipinski definition) is 4. The molecule has 0 amide bonds. The van der Waals surface area contributed by atoms with Crippen LogP contribution in [0.5, 0.6) is 0 Å². The molecule has 4 aromatic heterocycles. The summed E-state index contributed by atoms with van der Waals surface area (Å²) in [7, 11) is 0. The molecular weight excluding hydrogens is 951 g/mol. The van der Waals surface area contributed by atoms with E-state index in [0.29, 0.717) is 11.8 Å². The predicted molar refractivity (Wildman–Crippen MR) is 240 cm³/mol.